The zero-order chi connectivity index (χ0) is 20.1. The third kappa shape index (κ3) is 5.14. The van der Waals surface area contributed by atoms with Crippen LogP contribution in [0.25, 0.3) is 10.2 Å². The standard InChI is InChI=1S/C20H27N5O2S/c21-13-10-9-12(11-13)19(27)24-15(6-2-4-8-17(22)23)18(26)20-25-14-5-1-3-7-16(14)28-20/h1,3,5,7,12-13,15H,2,4,6,8-11,21H2,(H3,22,23)(H,24,27)/t12-,13+,15-/m0/s1. The monoisotopic (exact) mass is 401 g/mol. The number of nitrogens with one attached hydrogen (secondary N) is 2. The number of para-hydroxylation sites is 1. The van der Waals surface area contributed by atoms with Gasteiger partial charge >= 0.3 is 0 Å². The summed E-state index contributed by atoms with van der Waals surface area (Å²) in [5.74, 6) is -0.241. The molecule has 1 aliphatic carbocycles. The lowest BCUT2D eigenvalue weighted by Crippen LogP contribution is -2.43. The summed E-state index contributed by atoms with van der Waals surface area (Å²) in [4.78, 5) is 30.2. The van der Waals surface area contributed by atoms with Crippen molar-refractivity contribution in [2.24, 2.45) is 17.4 Å². The number of ketones is 1. The van der Waals surface area contributed by atoms with Gasteiger partial charge in [-0.1, -0.05) is 18.6 Å². The Kier molecular flexibility index (Phi) is 6.74. The minimum Gasteiger partial charge on any atom is -0.388 e. The van der Waals surface area contributed by atoms with E-state index in [0.717, 1.165) is 23.1 Å². The van der Waals surface area contributed by atoms with Crippen molar-refractivity contribution in [2.75, 3.05) is 0 Å². The van der Waals surface area contributed by atoms with Crippen LogP contribution in [0, 0.1) is 11.3 Å². The number of nitrogens with zero attached hydrogens (tertiary/aromatic N) is 1. The molecule has 0 saturated heterocycles. The van der Waals surface area contributed by atoms with Crippen LogP contribution in [-0.4, -0.2) is 34.6 Å². The number of hydrogen-bond acceptors (Lipinski definition) is 6. The molecule has 8 heteroatoms. The van der Waals surface area contributed by atoms with E-state index >= 15 is 0 Å². The van der Waals surface area contributed by atoms with E-state index in [-0.39, 0.29) is 29.5 Å². The second kappa shape index (κ2) is 9.25. The van der Waals surface area contributed by atoms with Crippen LogP contribution in [0.4, 0.5) is 0 Å². The molecule has 0 aliphatic heterocycles. The third-order valence-corrected chi connectivity index (χ3v) is 6.22. The Hall–Kier alpha value is -2.32. The van der Waals surface area contributed by atoms with Gasteiger partial charge in [0.2, 0.25) is 11.7 Å². The number of hydrogen-bond donors (Lipinski definition) is 4. The molecule has 1 aliphatic rings. The molecule has 0 radical (unpaired) electrons. The first kappa shape index (κ1) is 20.4. The minimum atomic E-state index is -0.614. The fraction of sp³-hybridized carbons (Fsp3) is 0.500. The highest BCUT2D eigenvalue weighted by Gasteiger charge is 2.31. The van der Waals surface area contributed by atoms with Crippen molar-refractivity contribution in [3.63, 3.8) is 0 Å². The minimum absolute atomic E-state index is 0.0599. The van der Waals surface area contributed by atoms with Gasteiger partial charge in [0.25, 0.3) is 0 Å². The highest BCUT2D eigenvalue weighted by molar-refractivity contribution is 7.20. The smallest absolute Gasteiger partial charge is 0.223 e. The number of amides is 1. The van der Waals surface area contributed by atoms with Gasteiger partial charge in [0.1, 0.15) is 0 Å². The van der Waals surface area contributed by atoms with E-state index in [1.54, 1.807) is 0 Å². The van der Waals surface area contributed by atoms with Crippen molar-refractivity contribution in [2.45, 2.75) is 57.0 Å². The number of nitrogens with two attached hydrogens (primary N) is 2. The quantitative estimate of drug-likeness (QED) is 0.222. The van der Waals surface area contributed by atoms with Crippen LogP contribution in [0.5, 0.6) is 0 Å². The number of fused-ring (bicyclic) bond motifs is 1. The number of rotatable bonds is 9. The summed E-state index contributed by atoms with van der Waals surface area (Å²) in [5.41, 5.74) is 12.1. The molecule has 1 saturated carbocycles. The Morgan fingerprint density at radius 2 is 2.07 bits per heavy atom. The zero-order valence-electron chi connectivity index (χ0n) is 15.8. The topological polar surface area (TPSA) is 135 Å². The Balaban J connectivity index is 1.71. The summed E-state index contributed by atoms with van der Waals surface area (Å²) in [7, 11) is 0. The molecule has 7 nitrogen and oxygen atoms in total. The van der Waals surface area contributed by atoms with Gasteiger partial charge in [0, 0.05) is 18.4 Å². The van der Waals surface area contributed by atoms with Crippen LogP contribution >= 0.6 is 11.3 Å². The molecule has 1 heterocycles. The van der Waals surface area contributed by atoms with Crippen molar-refractivity contribution >= 4 is 39.1 Å². The summed E-state index contributed by atoms with van der Waals surface area (Å²) >= 11 is 1.35. The van der Waals surface area contributed by atoms with Gasteiger partial charge in [-0.2, -0.15) is 0 Å². The zero-order valence-corrected chi connectivity index (χ0v) is 16.6. The van der Waals surface area contributed by atoms with E-state index in [4.69, 9.17) is 16.9 Å². The Morgan fingerprint density at radius 1 is 1.29 bits per heavy atom. The summed E-state index contributed by atoms with van der Waals surface area (Å²) in [6.07, 6.45) is 4.68. The maximum atomic E-state index is 13.1. The first-order valence-electron chi connectivity index (χ1n) is 9.72. The number of benzene rings is 1. The number of thiazole rings is 1. The van der Waals surface area contributed by atoms with E-state index in [2.05, 4.69) is 10.3 Å². The maximum Gasteiger partial charge on any atom is 0.223 e. The maximum absolute atomic E-state index is 13.1. The number of unbranched alkanes of at least 4 members (excludes halogenated alkanes) is 1. The van der Waals surface area contributed by atoms with Crippen LogP contribution in [0.3, 0.4) is 0 Å². The molecule has 3 atom stereocenters. The third-order valence-electron chi connectivity index (χ3n) is 5.17. The van der Waals surface area contributed by atoms with Gasteiger partial charge < -0.3 is 16.8 Å². The number of Topliss-reactive ketones (excluding diaryl/α,β-unsaturated/α-hetero) is 1. The molecule has 28 heavy (non-hydrogen) atoms. The van der Waals surface area contributed by atoms with Crippen LogP contribution < -0.4 is 16.8 Å². The summed E-state index contributed by atoms with van der Waals surface area (Å²) < 4.78 is 0.953. The number of amidine groups is 1. The highest BCUT2D eigenvalue weighted by atomic mass is 32.1. The Bertz CT molecular complexity index is 832. The van der Waals surface area contributed by atoms with E-state index < -0.39 is 6.04 Å². The fourth-order valence-electron chi connectivity index (χ4n) is 3.60. The lowest BCUT2D eigenvalue weighted by atomic mass is 10.0. The van der Waals surface area contributed by atoms with Gasteiger partial charge in [0.05, 0.1) is 22.1 Å². The van der Waals surface area contributed by atoms with E-state index in [9.17, 15) is 9.59 Å². The molecule has 150 valence electrons. The molecule has 3 rings (SSSR count). The molecular formula is C20H27N5O2S. The summed E-state index contributed by atoms with van der Waals surface area (Å²) in [6.45, 7) is 0. The highest BCUT2D eigenvalue weighted by Crippen LogP contribution is 2.26. The molecule has 2 aromatic rings. The van der Waals surface area contributed by atoms with Gasteiger partial charge in [-0.25, -0.2) is 4.98 Å². The Morgan fingerprint density at radius 3 is 2.75 bits per heavy atom. The Labute approximate surface area is 168 Å². The molecular weight excluding hydrogens is 374 g/mol. The fourth-order valence-corrected chi connectivity index (χ4v) is 4.56. The van der Waals surface area contributed by atoms with Crippen molar-refractivity contribution in [1.29, 1.82) is 5.41 Å². The first-order valence-corrected chi connectivity index (χ1v) is 10.5. The second-order valence-corrected chi connectivity index (χ2v) is 8.48. The molecule has 0 unspecified atom stereocenters. The van der Waals surface area contributed by atoms with Gasteiger partial charge in [0.15, 0.2) is 5.01 Å². The molecule has 0 bridgehead atoms. The van der Waals surface area contributed by atoms with Crippen LogP contribution in [0.15, 0.2) is 24.3 Å². The van der Waals surface area contributed by atoms with Gasteiger partial charge in [-0.15, -0.1) is 11.3 Å². The van der Waals surface area contributed by atoms with Crippen LogP contribution in [0.1, 0.15) is 54.7 Å². The normalized spacial score (nSPS) is 20.2. The number of carbonyl (C=O) groups is 2. The average Bonchev–Trinajstić information content (AvgIpc) is 3.29. The average molecular weight is 402 g/mol. The summed E-state index contributed by atoms with van der Waals surface area (Å²) in [6, 6.07) is 7.06. The lowest BCUT2D eigenvalue weighted by Gasteiger charge is -2.19. The van der Waals surface area contributed by atoms with Crippen LogP contribution in [0.2, 0.25) is 0 Å². The number of aromatic nitrogens is 1. The lowest BCUT2D eigenvalue weighted by molar-refractivity contribution is -0.125. The van der Waals surface area contributed by atoms with Crippen LogP contribution in [-0.2, 0) is 4.79 Å². The molecule has 1 amide bonds. The first-order chi connectivity index (χ1) is 13.4. The van der Waals surface area contributed by atoms with Crippen molar-refractivity contribution in [3.8, 4) is 0 Å². The molecule has 6 N–H and O–H groups in total. The number of carbonyl (C=O) groups excluding carboxylic acids is 2. The largest absolute Gasteiger partial charge is 0.388 e. The predicted molar refractivity (Wildman–Crippen MR) is 112 cm³/mol. The molecule has 1 aromatic heterocycles. The predicted octanol–water partition coefficient (Wildman–Crippen LogP) is 2.59. The van der Waals surface area contributed by atoms with Crippen molar-refractivity contribution in [1.82, 2.24) is 10.3 Å². The molecule has 0 spiro atoms. The van der Waals surface area contributed by atoms with Gasteiger partial charge in [-0.05, 0) is 44.2 Å². The van der Waals surface area contributed by atoms with E-state index in [1.807, 2.05) is 24.3 Å². The molecule has 1 fully saturated rings. The summed E-state index contributed by atoms with van der Waals surface area (Å²) in [5, 5.41) is 10.7. The molecule has 1 aromatic carbocycles. The second-order valence-electron chi connectivity index (χ2n) is 7.45. The van der Waals surface area contributed by atoms with E-state index in [1.165, 1.54) is 11.3 Å². The van der Waals surface area contributed by atoms with Crippen molar-refractivity contribution in [3.05, 3.63) is 29.3 Å². The van der Waals surface area contributed by atoms with E-state index in [0.29, 0.717) is 37.1 Å². The van der Waals surface area contributed by atoms with Gasteiger partial charge in [-0.3, -0.25) is 15.0 Å². The van der Waals surface area contributed by atoms with Crippen molar-refractivity contribution < 1.29 is 9.59 Å². The SMILES string of the molecule is N=C(N)CCCC[C@H](NC(=O)[C@H]1CC[C@@H](N)C1)C(=O)c1nc2ccccc2s1.